The molecule has 0 fully saturated rings. The normalized spacial score (nSPS) is 13.6. The highest BCUT2D eigenvalue weighted by Crippen LogP contribution is 2.40. The van der Waals surface area contributed by atoms with Gasteiger partial charge in [-0.05, 0) is 28.8 Å². The van der Waals surface area contributed by atoms with E-state index in [1.54, 1.807) is 6.07 Å². The first kappa shape index (κ1) is 18.8. The highest BCUT2D eigenvalue weighted by molar-refractivity contribution is 7.80. The van der Waals surface area contributed by atoms with Crippen LogP contribution < -0.4 is 5.32 Å². The van der Waals surface area contributed by atoms with Crippen LogP contribution in [0, 0.1) is 0 Å². The number of carbonyl (C=O) groups is 1. The largest absolute Gasteiger partial charge is 0.507 e. The van der Waals surface area contributed by atoms with Gasteiger partial charge in [-0.15, -0.1) is 0 Å². The van der Waals surface area contributed by atoms with Crippen molar-refractivity contribution in [2.24, 2.45) is 0 Å². The van der Waals surface area contributed by atoms with Gasteiger partial charge in [-0.1, -0.05) is 60.8 Å². The predicted octanol–water partition coefficient (Wildman–Crippen LogP) is 5.25. The van der Waals surface area contributed by atoms with Crippen molar-refractivity contribution in [2.45, 2.75) is 13.3 Å². The number of oxazole rings is 1. The summed E-state index contributed by atoms with van der Waals surface area (Å²) < 4.78 is 5.68. The van der Waals surface area contributed by atoms with Crippen LogP contribution >= 0.6 is 12.2 Å². The highest BCUT2D eigenvalue weighted by Gasteiger charge is 2.22. The molecule has 2 N–H and O–H groups in total. The molecule has 1 amide bonds. The Bertz CT molecular complexity index is 1160. The van der Waals surface area contributed by atoms with E-state index in [1.807, 2.05) is 54.6 Å². The summed E-state index contributed by atoms with van der Waals surface area (Å²) in [5.41, 5.74) is 4.02. The van der Waals surface area contributed by atoms with Crippen LogP contribution in [-0.2, 0) is 4.79 Å². The van der Waals surface area contributed by atoms with E-state index in [0.717, 1.165) is 27.1 Å². The van der Waals surface area contributed by atoms with E-state index in [2.05, 4.69) is 10.3 Å². The lowest BCUT2D eigenvalue weighted by atomic mass is 9.90. The van der Waals surface area contributed by atoms with Crippen molar-refractivity contribution in [3.63, 3.8) is 0 Å². The number of hydrogen-bond donors (Lipinski definition) is 2. The average molecular weight is 402 g/mol. The lowest BCUT2D eigenvalue weighted by Gasteiger charge is -2.16. The Labute approximate surface area is 173 Å². The third-order valence-electron chi connectivity index (χ3n) is 4.53. The van der Waals surface area contributed by atoms with Gasteiger partial charge in [0.15, 0.2) is 0 Å². The van der Waals surface area contributed by atoms with Crippen molar-refractivity contribution in [2.75, 3.05) is 5.32 Å². The fourth-order valence-electron chi connectivity index (χ4n) is 3.24. The second-order valence-corrected chi connectivity index (χ2v) is 7.18. The van der Waals surface area contributed by atoms with E-state index in [4.69, 9.17) is 16.6 Å². The summed E-state index contributed by atoms with van der Waals surface area (Å²) in [7, 11) is 0. The number of nitrogens with zero attached hydrogens (tertiary/aromatic N) is 1. The van der Waals surface area contributed by atoms with Crippen LogP contribution in [0.4, 0.5) is 5.88 Å². The van der Waals surface area contributed by atoms with Crippen LogP contribution in [0.1, 0.15) is 24.8 Å². The molecule has 0 saturated heterocycles. The maximum Gasteiger partial charge on any atom is 0.229 e. The topological polar surface area (TPSA) is 75.4 Å². The molecular weight excluding hydrogens is 384 g/mol. The molecule has 144 valence electrons. The van der Waals surface area contributed by atoms with Gasteiger partial charge in [0.1, 0.15) is 5.75 Å². The van der Waals surface area contributed by atoms with Crippen LogP contribution in [0.2, 0.25) is 0 Å². The quantitative estimate of drug-likeness (QED) is 0.583. The van der Waals surface area contributed by atoms with Crippen LogP contribution in [0.5, 0.6) is 5.75 Å². The van der Waals surface area contributed by atoms with Crippen LogP contribution in [0.3, 0.4) is 0 Å². The Morgan fingerprint density at radius 2 is 1.93 bits per heavy atom. The first-order valence-corrected chi connectivity index (χ1v) is 9.50. The first-order valence-electron chi connectivity index (χ1n) is 9.09. The van der Waals surface area contributed by atoms with E-state index in [-0.39, 0.29) is 17.5 Å². The Morgan fingerprint density at radius 1 is 1.14 bits per heavy atom. The molecular formula is C23H18N2O3S. The van der Waals surface area contributed by atoms with Crippen molar-refractivity contribution in [3.8, 4) is 16.9 Å². The summed E-state index contributed by atoms with van der Waals surface area (Å²) >= 11 is 5.38. The molecule has 29 heavy (non-hydrogen) atoms. The SMILES string of the molecule is CC(=O)Nc1cnc(C2=CCC(=S)C=C2c2ccc(-c3ccccc3)cc2O)o1. The first-order chi connectivity index (χ1) is 14.0. The van der Waals surface area contributed by atoms with Gasteiger partial charge in [-0.2, -0.15) is 0 Å². The fraction of sp³-hybridized carbons (Fsp3) is 0.0870. The number of amides is 1. The lowest BCUT2D eigenvalue weighted by molar-refractivity contribution is -0.114. The second-order valence-electron chi connectivity index (χ2n) is 6.66. The molecule has 0 unspecified atom stereocenters. The molecule has 2 aromatic carbocycles. The minimum absolute atomic E-state index is 0.141. The molecule has 6 heteroatoms. The Morgan fingerprint density at radius 3 is 2.66 bits per heavy atom. The van der Waals surface area contributed by atoms with E-state index >= 15 is 0 Å². The van der Waals surface area contributed by atoms with Gasteiger partial charge in [0.05, 0.1) is 6.20 Å². The number of carbonyl (C=O) groups excluding carboxylic acids is 1. The van der Waals surface area contributed by atoms with Crippen LogP contribution in [-0.4, -0.2) is 20.9 Å². The Hall–Kier alpha value is -3.51. The van der Waals surface area contributed by atoms with Crippen LogP contribution in [0.15, 0.2) is 71.3 Å². The minimum Gasteiger partial charge on any atom is -0.507 e. The van der Waals surface area contributed by atoms with Gasteiger partial charge >= 0.3 is 0 Å². The summed E-state index contributed by atoms with van der Waals surface area (Å²) in [6.07, 6.45) is 5.81. The summed E-state index contributed by atoms with van der Waals surface area (Å²) in [5.74, 6) is 0.525. The average Bonchev–Trinajstić information content (AvgIpc) is 3.16. The number of benzene rings is 2. The highest BCUT2D eigenvalue weighted by atomic mass is 32.1. The zero-order valence-electron chi connectivity index (χ0n) is 15.7. The van der Waals surface area contributed by atoms with Crippen molar-refractivity contribution in [3.05, 3.63) is 78.3 Å². The number of aromatic nitrogens is 1. The Balaban J connectivity index is 1.72. The van der Waals surface area contributed by atoms with Gasteiger partial charge < -0.3 is 9.52 Å². The molecule has 1 aliphatic carbocycles. The number of rotatable bonds is 4. The monoisotopic (exact) mass is 402 g/mol. The second kappa shape index (κ2) is 7.85. The Kier molecular flexibility index (Phi) is 5.10. The number of thiocarbonyl (C=S) groups is 1. The van der Waals surface area contributed by atoms with E-state index < -0.39 is 0 Å². The van der Waals surface area contributed by atoms with Gasteiger partial charge in [0.2, 0.25) is 17.7 Å². The molecule has 1 aliphatic rings. The van der Waals surface area contributed by atoms with Crippen molar-refractivity contribution in [1.29, 1.82) is 0 Å². The molecule has 0 radical (unpaired) electrons. The third-order valence-corrected chi connectivity index (χ3v) is 4.82. The number of allylic oxidation sites excluding steroid dienone is 4. The molecule has 0 aliphatic heterocycles. The molecule has 1 heterocycles. The summed E-state index contributed by atoms with van der Waals surface area (Å²) in [5, 5.41) is 13.3. The molecule has 5 nitrogen and oxygen atoms in total. The molecule has 0 bridgehead atoms. The van der Waals surface area contributed by atoms with Crippen molar-refractivity contribution < 1.29 is 14.3 Å². The number of nitrogens with one attached hydrogen (secondary N) is 1. The van der Waals surface area contributed by atoms with Crippen molar-refractivity contribution >= 4 is 40.0 Å². The van der Waals surface area contributed by atoms with Crippen molar-refractivity contribution in [1.82, 2.24) is 4.98 Å². The molecule has 0 saturated carbocycles. The van der Waals surface area contributed by atoms with E-state index in [9.17, 15) is 9.90 Å². The standard InChI is InChI=1S/C23H18N2O3S/c1-14(26)25-22-13-24-23(28-22)19-10-8-17(29)12-20(19)18-9-7-16(11-21(18)27)15-5-3-2-4-6-15/h2-7,9-13,27H,8H2,1H3,(H,25,26). The van der Waals surface area contributed by atoms with Gasteiger partial charge in [-0.25, -0.2) is 4.98 Å². The number of anilines is 1. The van der Waals surface area contributed by atoms with Gasteiger partial charge in [-0.3, -0.25) is 10.1 Å². The number of hydrogen-bond acceptors (Lipinski definition) is 5. The summed E-state index contributed by atoms with van der Waals surface area (Å²) in [4.78, 5) is 16.3. The summed E-state index contributed by atoms with van der Waals surface area (Å²) in [6, 6.07) is 15.4. The number of phenolic OH excluding ortho intramolecular Hbond substituents is 1. The van der Waals surface area contributed by atoms with E-state index in [1.165, 1.54) is 13.1 Å². The number of phenols is 1. The molecule has 0 spiro atoms. The number of aromatic hydroxyl groups is 1. The minimum atomic E-state index is -0.239. The molecule has 1 aromatic heterocycles. The zero-order valence-corrected chi connectivity index (χ0v) is 16.5. The fourth-order valence-corrected chi connectivity index (χ4v) is 3.44. The molecule has 4 rings (SSSR count). The summed E-state index contributed by atoms with van der Waals surface area (Å²) in [6.45, 7) is 1.40. The molecule has 3 aromatic rings. The zero-order chi connectivity index (χ0) is 20.4. The smallest absolute Gasteiger partial charge is 0.229 e. The van der Waals surface area contributed by atoms with E-state index in [0.29, 0.717) is 17.9 Å². The maximum absolute atomic E-state index is 11.2. The molecule has 0 atom stereocenters. The third kappa shape index (κ3) is 4.02. The van der Waals surface area contributed by atoms with Crippen LogP contribution in [0.25, 0.3) is 22.3 Å². The lowest BCUT2D eigenvalue weighted by Crippen LogP contribution is -2.04. The van der Waals surface area contributed by atoms with Gasteiger partial charge in [0.25, 0.3) is 0 Å². The maximum atomic E-state index is 11.2. The van der Waals surface area contributed by atoms with Gasteiger partial charge in [0, 0.05) is 29.3 Å². The predicted molar refractivity (Wildman–Crippen MR) is 118 cm³/mol.